The summed E-state index contributed by atoms with van der Waals surface area (Å²) in [5.41, 5.74) is 0.861. The van der Waals surface area contributed by atoms with Crippen molar-refractivity contribution in [2.24, 2.45) is 7.05 Å². The van der Waals surface area contributed by atoms with Gasteiger partial charge in [-0.05, 0) is 37.3 Å². The normalized spacial score (nSPS) is 19.1. The fourth-order valence-electron chi connectivity index (χ4n) is 3.49. The van der Waals surface area contributed by atoms with Gasteiger partial charge < -0.3 is 9.73 Å². The number of benzene rings is 1. The SMILES string of the molecule is Cc1oc(-c2cnn(C)c2)nc1C(=O)NC1CC(c2cccc(C(F)(F)F)c2)C1. The van der Waals surface area contributed by atoms with Crippen molar-refractivity contribution in [1.82, 2.24) is 20.1 Å². The van der Waals surface area contributed by atoms with Crippen LogP contribution < -0.4 is 5.32 Å². The minimum absolute atomic E-state index is 0.00744. The fraction of sp³-hybridized carbons (Fsp3) is 0.350. The number of nitrogens with zero attached hydrogens (tertiary/aromatic N) is 3. The standard InChI is InChI=1S/C20H19F3N4O2/c1-11-17(26-19(29-11)14-9-24-27(2)10-14)18(28)25-16-7-13(8-16)12-4-3-5-15(6-12)20(21,22)23/h3-6,9-10,13,16H,7-8H2,1-2H3,(H,25,28). The number of aromatic nitrogens is 3. The average Bonchev–Trinajstić information content (AvgIpc) is 3.22. The first-order chi connectivity index (χ1) is 13.7. The molecule has 1 aliphatic carbocycles. The molecule has 1 amide bonds. The molecule has 2 heterocycles. The number of amides is 1. The molecule has 152 valence electrons. The van der Waals surface area contributed by atoms with Crippen molar-refractivity contribution in [1.29, 1.82) is 0 Å². The van der Waals surface area contributed by atoms with E-state index in [9.17, 15) is 18.0 Å². The molecule has 2 aromatic heterocycles. The van der Waals surface area contributed by atoms with Gasteiger partial charge in [0.05, 0.1) is 17.3 Å². The van der Waals surface area contributed by atoms with E-state index in [4.69, 9.17) is 4.42 Å². The largest absolute Gasteiger partial charge is 0.440 e. The van der Waals surface area contributed by atoms with Crippen LogP contribution in [-0.4, -0.2) is 26.7 Å². The van der Waals surface area contributed by atoms with Gasteiger partial charge in [-0.25, -0.2) is 4.98 Å². The molecule has 29 heavy (non-hydrogen) atoms. The Hall–Kier alpha value is -3.10. The maximum atomic E-state index is 12.9. The molecule has 4 rings (SSSR count). The lowest BCUT2D eigenvalue weighted by Gasteiger charge is -2.36. The smallest absolute Gasteiger partial charge is 0.416 e. The lowest BCUT2D eigenvalue weighted by atomic mass is 9.75. The van der Waals surface area contributed by atoms with Crippen molar-refractivity contribution in [2.45, 2.75) is 37.9 Å². The number of carbonyl (C=O) groups excluding carboxylic acids is 1. The summed E-state index contributed by atoms with van der Waals surface area (Å²) in [4.78, 5) is 16.8. The molecule has 1 N–H and O–H groups in total. The van der Waals surface area contributed by atoms with E-state index in [1.54, 1.807) is 37.1 Å². The van der Waals surface area contributed by atoms with E-state index in [2.05, 4.69) is 15.4 Å². The highest BCUT2D eigenvalue weighted by Crippen LogP contribution is 2.39. The van der Waals surface area contributed by atoms with Crippen molar-refractivity contribution >= 4 is 5.91 Å². The maximum Gasteiger partial charge on any atom is 0.416 e. The van der Waals surface area contributed by atoms with E-state index in [0.717, 1.165) is 6.07 Å². The molecular formula is C20H19F3N4O2. The Balaban J connectivity index is 1.39. The van der Waals surface area contributed by atoms with Gasteiger partial charge in [-0.2, -0.15) is 18.3 Å². The lowest BCUT2D eigenvalue weighted by Crippen LogP contribution is -2.43. The number of nitrogens with one attached hydrogen (secondary N) is 1. The highest BCUT2D eigenvalue weighted by Gasteiger charge is 2.35. The molecular weight excluding hydrogens is 385 g/mol. The van der Waals surface area contributed by atoms with Gasteiger partial charge >= 0.3 is 6.18 Å². The monoisotopic (exact) mass is 404 g/mol. The van der Waals surface area contributed by atoms with Crippen LogP contribution in [-0.2, 0) is 13.2 Å². The zero-order valence-corrected chi connectivity index (χ0v) is 15.8. The van der Waals surface area contributed by atoms with Crippen LogP contribution in [0.2, 0.25) is 0 Å². The van der Waals surface area contributed by atoms with Crippen molar-refractivity contribution in [3.63, 3.8) is 0 Å². The number of aryl methyl sites for hydroxylation is 2. The molecule has 0 radical (unpaired) electrons. The Kier molecular flexibility index (Phi) is 4.68. The lowest BCUT2D eigenvalue weighted by molar-refractivity contribution is -0.137. The molecule has 3 aromatic rings. The second kappa shape index (κ2) is 7.06. The van der Waals surface area contributed by atoms with Crippen molar-refractivity contribution in [3.8, 4) is 11.5 Å². The average molecular weight is 404 g/mol. The van der Waals surface area contributed by atoms with Crippen LogP contribution in [0.15, 0.2) is 41.1 Å². The molecule has 9 heteroatoms. The molecule has 1 aliphatic rings. The predicted molar refractivity (Wildman–Crippen MR) is 98.1 cm³/mol. The van der Waals surface area contributed by atoms with Gasteiger partial charge in [-0.3, -0.25) is 9.48 Å². The van der Waals surface area contributed by atoms with E-state index >= 15 is 0 Å². The Morgan fingerprint density at radius 1 is 1.31 bits per heavy atom. The topological polar surface area (TPSA) is 73.0 Å². The van der Waals surface area contributed by atoms with Crippen LogP contribution in [0.3, 0.4) is 0 Å². The number of hydrogen-bond donors (Lipinski definition) is 1. The molecule has 1 aromatic carbocycles. The summed E-state index contributed by atoms with van der Waals surface area (Å²) < 4.78 is 45.8. The highest BCUT2D eigenvalue weighted by molar-refractivity contribution is 5.94. The maximum absolute atomic E-state index is 12.9. The number of carbonyl (C=O) groups is 1. The third-order valence-electron chi connectivity index (χ3n) is 5.12. The van der Waals surface area contributed by atoms with Gasteiger partial charge in [0.15, 0.2) is 5.69 Å². The molecule has 1 fully saturated rings. The quantitative estimate of drug-likeness (QED) is 0.711. The number of halogens is 3. The molecule has 0 aliphatic heterocycles. The van der Waals surface area contributed by atoms with Crippen LogP contribution in [0.25, 0.3) is 11.5 Å². The second-order valence-corrected chi connectivity index (χ2v) is 7.29. The van der Waals surface area contributed by atoms with Gasteiger partial charge in [0, 0.05) is 19.3 Å². The van der Waals surface area contributed by atoms with Gasteiger partial charge in [0.2, 0.25) is 5.89 Å². The van der Waals surface area contributed by atoms with Gasteiger partial charge in [0.1, 0.15) is 5.76 Å². The first-order valence-corrected chi connectivity index (χ1v) is 9.15. The zero-order valence-electron chi connectivity index (χ0n) is 15.8. The van der Waals surface area contributed by atoms with E-state index in [-0.39, 0.29) is 23.6 Å². The zero-order chi connectivity index (χ0) is 20.8. The van der Waals surface area contributed by atoms with Gasteiger partial charge in [-0.1, -0.05) is 18.2 Å². The molecule has 1 saturated carbocycles. The number of rotatable bonds is 4. The Morgan fingerprint density at radius 3 is 2.72 bits per heavy atom. The minimum atomic E-state index is -4.36. The molecule has 6 nitrogen and oxygen atoms in total. The number of hydrogen-bond acceptors (Lipinski definition) is 4. The third-order valence-corrected chi connectivity index (χ3v) is 5.12. The van der Waals surface area contributed by atoms with Gasteiger partial charge in [0.25, 0.3) is 5.91 Å². The van der Waals surface area contributed by atoms with Crippen LogP contribution in [0.4, 0.5) is 13.2 Å². The van der Waals surface area contributed by atoms with Crippen molar-refractivity contribution in [3.05, 3.63) is 59.2 Å². The first-order valence-electron chi connectivity index (χ1n) is 9.15. The highest BCUT2D eigenvalue weighted by atomic mass is 19.4. The van der Waals surface area contributed by atoms with Crippen molar-refractivity contribution < 1.29 is 22.4 Å². The van der Waals surface area contributed by atoms with Gasteiger partial charge in [-0.15, -0.1) is 0 Å². The third kappa shape index (κ3) is 3.90. The minimum Gasteiger partial charge on any atom is -0.440 e. The molecule has 0 atom stereocenters. The number of alkyl halides is 3. The van der Waals surface area contributed by atoms with Crippen molar-refractivity contribution in [2.75, 3.05) is 0 Å². The predicted octanol–water partition coefficient (Wildman–Crippen LogP) is 4.08. The summed E-state index contributed by atoms with van der Waals surface area (Å²) in [6.07, 6.45) is 0.139. The summed E-state index contributed by atoms with van der Waals surface area (Å²) in [7, 11) is 1.77. The van der Waals surface area contributed by atoms with E-state index in [0.29, 0.717) is 35.6 Å². The molecule has 0 unspecified atom stereocenters. The van der Waals surface area contributed by atoms with Crippen LogP contribution in [0, 0.1) is 6.92 Å². The van der Waals surface area contributed by atoms with E-state index in [1.807, 2.05) is 0 Å². The summed E-state index contributed by atoms with van der Waals surface area (Å²) in [5.74, 6) is 0.354. The Bertz CT molecular complexity index is 1050. The summed E-state index contributed by atoms with van der Waals surface area (Å²) >= 11 is 0. The Morgan fingerprint density at radius 2 is 2.07 bits per heavy atom. The summed E-state index contributed by atoms with van der Waals surface area (Å²) in [5, 5.41) is 6.94. The van der Waals surface area contributed by atoms with E-state index in [1.165, 1.54) is 12.1 Å². The van der Waals surface area contributed by atoms with Crippen LogP contribution >= 0.6 is 0 Å². The summed E-state index contributed by atoms with van der Waals surface area (Å²) in [6, 6.07) is 5.25. The van der Waals surface area contributed by atoms with E-state index < -0.39 is 11.7 Å². The summed E-state index contributed by atoms with van der Waals surface area (Å²) in [6.45, 7) is 1.66. The Labute approximate surface area is 164 Å². The van der Waals surface area contributed by atoms with Crippen LogP contribution in [0.5, 0.6) is 0 Å². The molecule has 0 spiro atoms. The first kappa shape index (κ1) is 19.2. The fourth-order valence-corrected chi connectivity index (χ4v) is 3.49. The molecule has 0 saturated heterocycles. The number of oxazole rings is 1. The second-order valence-electron chi connectivity index (χ2n) is 7.29. The molecule has 0 bridgehead atoms. The van der Waals surface area contributed by atoms with Crippen LogP contribution in [0.1, 0.15) is 46.1 Å².